The third kappa shape index (κ3) is 3.16. The van der Waals surface area contributed by atoms with Crippen molar-refractivity contribution in [2.24, 2.45) is 0 Å². The molecule has 2 N–H and O–H groups in total. The molecule has 0 saturated heterocycles. The molecule has 25 heavy (non-hydrogen) atoms. The van der Waals surface area contributed by atoms with E-state index in [1.807, 2.05) is 11.6 Å². The molecule has 4 rings (SSSR count). The molecule has 1 aromatic carbocycles. The Kier molecular flexibility index (Phi) is 4.03. The van der Waals surface area contributed by atoms with Crippen molar-refractivity contribution in [1.29, 1.82) is 0 Å². The molecule has 8 heteroatoms. The zero-order chi connectivity index (χ0) is 17.6. The Balaban J connectivity index is 1.62. The molecule has 5 nitrogen and oxygen atoms in total. The van der Waals surface area contributed by atoms with Gasteiger partial charge in [-0.15, -0.1) is 11.3 Å². The minimum absolute atomic E-state index is 0.153. The van der Waals surface area contributed by atoms with E-state index in [0.717, 1.165) is 22.0 Å². The maximum absolute atomic E-state index is 9.62. The average Bonchev–Trinajstić information content (AvgIpc) is 3.17. The van der Waals surface area contributed by atoms with Crippen LogP contribution < -0.4 is 0 Å². The molecule has 0 spiro atoms. The molecule has 126 valence electrons. The summed E-state index contributed by atoms with van der Waals surface area (Å²) in [6.45, 7) is 0. The minimum atomic E-state index is -0.168. The molecule has 0 fully saturated rings. The average molecular weight is 392 g/mol. The van der Waals surface area contributed by atoms with E-state index in [0.29, 0.717) is 22.1 Å². The number of aromatic hydroxyl groups is 2. The predicted molar refractivity (Wildman–Crippen MR) is 98.9 cm³/mol. The largest absolute Gasteiger partial charge is 0.504 e. The number of thiazole rings is 1. The number of hydrogen-bond acceptors (Lipinski definition) is 5. The highest BCUT2D eigenvalue weighted by atomic mass is 35.5. The fourth-order valence-corrected chi connectivity index (χ4v) is 3.87. The summed E-state index contributed by atoms with van der Waals surface area (Å²) in [7, 11) is 0. The van der Waals surface area contributed by atoms with Crippen LogP contribution in [0.4, 0.5) is 0 Å². The molecule has 3 heterocycles. The standard InChI is InChI=1S/C17H11Cl2N3O2S/c18-10-4-12(19)17-20-11(7-22(17)6-10)5-16-21-13(8-25-16)9-1-2-14(23)15(24)3-9/h1-4,6-8,23-24H,5H2. The van der Waals surface area contributed by atoms with Crippen molar-refractivity contribution in [2.45, 2.75) is 6.42 Å². The van der Waals surface area contributed by atoms with E-state index in [1.165, 1.54) is 23.5 Å². The van der Waals surface area contributed by atoms with E-state index >= 15 is 0 Å². The van der Waals surface area contributed by atoms with Crippen molar-refractivity contribution in [3.63, 3.8) is 0 Å². The van der Waals surface area contributed by atoms with Crippen LogP contribution in [0.5, 0.6) is 11.5 Å². The van der Waals surface area contributed by atoms with Crippen molar-refractivity contribution in [3.05, 3.63) is 62.8 Å². The summed E-state index contributed by atoms with van der Waals surface area (Å²) in [6.07, 6.45) is 4.19. The first kappa shape index (κ1) is 16.2. The number of nitrogens with zero attached hydrogens (tertiary/aromatic N) is 3. The first-order valence-corrected chi connectivity index (χ1v) is 8.92. The number of rotatable bonds is 3. The molecule has 0 saturated carbocycles. The molecule has 3 aromatic heterocycles. The number of pyridine rings is 1. The molecule has 0 amide bonds. The van der Waals surface area contributed by atoms with Gasteiger partial charge < -0.3 is 14.6 Å². The zero-order valence-electron chi connectivity index (χ0n) is 12.6. The van der Waals surface area contributed by atoms with Gasteiger partial charge in [0, 0.05) is 29.8 Å². The molecular weight excluding hydrogens is 381 g/mol. The quantitative estimate of drug-likeness (QED) is 0.493. The lowest BCUT2D eigenvalue weighted by atomic mass is 10.1. The lowest BCUT2D eigenvalue weighted by Crippen LogP contribution is -1.87. The summed E-state index contributed by atoms with van der Waals surface area (Å²) in [5, 5.41) is 22.9. The molecule has 0 atom stereocenters. The van der Waals surface area contributed by atoms with Gasteiger partial charge in [0.05, 0.1) is 26.4 Å². The van der Waals surface area contributed by atoms with E-state index < -0.39 is 0 Å². The van der Waals surface area contributed by atoms with Crippen LogP contribution in [0.25, 0.3) is 16.9 Å². The fourth-order valence-electron chi connectivity index (χ4n) is 2.52. The van der Waals surface area contributed by atoms with Gasteiger partial charge in [-0.05, 0) is 24.3 Å². The van der Waals surface area contributed by atoms with Gasteiger partial charge in [0.25, 0.3) is 0 Å². The van der Waals surface area contributed by atoms with Crippen molar-refractivity contribution in [3.8, 4) is 22.8 Å². The van der Waals surface area contributed by atoms with Gasteiger partial charge in [-0.25, -0.2) is 9.97 Å². The molecule has 0 radical (unpaired) electrons. The molecule has 0 unspecified atom stereocenters. The van der Waals surface area contributed by atoms with Crippen molar-refractivity contribution < 1.29 is 10.2 Å². The lowest BCUT2D eigenvalue weighted by Gasteiger charge is -2.00. The van der Waals surface area contributed by atoms with E-state index in [2.05, 4.69) is 9.97 Å². The Labute approximate surface area is 156 Å². The van der Waals surface area contributed by atoms with Crippen molar-refractivity contribution in [2.75, 3.05) is 0 Å². The number of benzene rings is 1. The van der Waals surface area contributed by atoms with Crippen molar-refractivity contribution >= 4 is 40.2 Å². The maximum Gasteiger partial charge on any atom is 0.158 e. The molecule has 4 aromatic rings. The first-order valence-electron chi connectivity index (χ1n) is 7.29. The summed E-state index contributed by atoms with van der Waals surface area (Å²) in [6, 6.07) is 6.30. The summed E-state index contributed by atoms with van der Waals surface area (Å²) in [4.78, 5) is 9.10. The third-order valence-electron chi connectivity index (χ3n) is 3.68. The van der Waals surface area contributed by atoms with Crippen molar-refractivity contribution in [1.82, 2.24) is 14.4 Å². The van der Waals surface area contributed by atoms with Crippen LogP contribution in [0.2, 0.25) is 10.0 Å². The SMILES string of the molecule is Oc1ccc(-c2csc(Cc3cn4cc(Cl)cc(Cl)c4n3)n2)cc1O. The van der Waals surface area contributed by atoms with Gasteiger partial charge in [0.1, 0.15) is 0 Å². The predicted octanol–water partition coefficient (Wildman–Crippen LogP) is 4.77. The Morgan fingerprint density at radius 2 is 1.88 bits per heavy atom. The minimum Gasteiger partial charge on any atom is -0.504 e. The van der Waals surface area contributed by atoms with Crippen LogP contribution in [0.3, 0.4) is 0 Å². The van der Waals surface area contributed by atoms with Crippen LogP contribution in [-0.4, -0.2) is 24.6 Å². The van der Waals surface area contributed by atoms with Crippen LogP contribution in [0.1, 0.15) is 10.7 Å². The molecule has 0 aliphatic carbocycles. The number of phenolic OH excluding ortho intramolecular Hbond substituents is 2. The van der Waals surface area contributed by atoms with Gasteiger partial charge in [-0.1, -0.05) is 23.2 Å². The van der Waals surface area contributed by atoms with E-state index in [-0.39, 0.29) is 11.5 Å². The normalized spacial score (nSPS) is 11.3. The summed E-state index contributed by atoms with van der Waals surface area (Å²) in [5.41, 5.74) is 2.96. The zero-order valence-corrected chi connectivity index (χ0v) is 15.0. The smallest absolute Gasteiger partial charge is 0.158 e. The van der Waals surface area contributed by atoms with E-state index in [9.17, 15) is 10.2 Å². The summed E-state index contributed by atoms with van der Waals surface area (Å²) >= 11 is 13.7. The van der Waals surface area contributed by atoms with Gasteiger partial charge in [0.2, 0.25) is 0 Å². The Hall–Kier alpha value is -2.28. The molecule has 0 aliphatic rings. The van der Waals surface area contributed by atoms with Crippen LogP contribution in [-0.2, 0) is 6.42 Å². The van der Waals surface area contributed by atoms with Gasteiger partial charge in [-0.3, -0.25) is 0 Å². The maximum atomic E-state index is 9.62. The number of hydrogen-bond donors (Lipinski definition) is 2. The van der Waals surface area contributed by atoms with Crippen LogP contribution in [0.15, 0.2) is 42.0 Å². The van der Waals surface area contributed by atoms with Gasteiger partial charge in [0.15, 0.2) is 17.1 Å². The van der Waals surface area contributed by atoms with Gasteiger partial charge >= 0.3 is 0 Å². The van der Waals surface area contributed by atoms with E-state index in [4.69, 9.17) is 23.2 Å². The molecule has 0 aliphatic heterocycles. The first-order chi connectivity index (χ1) is 12.0. The second-order valence-electron chi connectivity index (χ2n) is 5.48. The number of imidazole rings is 1. The van der Waals surface area contributed by atoms with Crippen LogP contribution in [0, 0.1) is 0 Å². The number of phenols is 2. The highest BCUT2D eigenvalue weighted by Gasteiger charge is 2.11. The number of fused-ring (bicyclic) bond motifs is 1. The second-order valence-corrected chi connectivity index (χ2v) is 7.26. The highest BCUT2D eigenvalue weighted by molar-refractivity contribution is 7.10. The Bertz CT molecular complexity index is 1090. The summed E-state index contributed by atoms with van der Waals surface area (Å²) in [5.74, 6) is -0.321. The molecular formula is C17H11Cl2N3O2S. The monoisotopic (exact) mass is 391 g/mol. The van der Waals surface area contributed by atoms with E-state index in [1.54, 1.807) is 22.7 Å². The Morgan fingerprint density at radius 3 is 2.68 bits per heavy atom. The van der Waals surface area contributed by atoms with Crippen LogP contribution >= 0.6 is 34.5 Å². The van der Waals surface area contributed by atoms with Gasteiger partial charge in [-0.2, -0.15) is 0 Å². The highest BCUT2D eigenvalue weighted by Crippen LogP contribution is 2.31. The number of halogens is 2. The molecule has 0 bridgehead atoms. The Morgan fingerprint density at radius 1 is 1.04 bits per heavy atom. The summed E-state index contributed by atoms with van der Waals surface area (Å²) < 4.78 is 1.80. The second kappa shape index (κ2) is 6.22. The number of aromatic nitrogens is 3. The fraction of sp³-hybridized carbons (Fsp3) is 0.0588. The third-order valence-corrected chi connectivity index (χ3v) is 5.01. The lowest BCUT2D eigenvalue weighted by molar-refractivity contribution is 0.404. The topological polar surface area (TPSA) is 70.7 Å².